The fourth-order valence-electron chi connectivity index (χ4n) is 3.72. The molecule has 0 aliphatic rings. The molecule has 0 fully saturated rings. The fraction of sp³-hybridized carbons (Fsp3) is 0.0769. The van der Waals surface area contributed by atoms with E-state index in [2.05, 4.69) is 9.88 Å². The maximum Gasteiger partial charge on any atom is 0.266 e. The molecule has 0 saturated heterocycles. The normalized spacial score (nSPS) is 11.4. The van der Waals surface area contributed by atoms with E-state index in [1.165, 1.54) is 0 Å². The number of amides is 1. The average molecular weight is 495 g/mol. The number of aromatic nitrogens is 1. The molecule has 1 heterocycles. The number of hydrogen-bond donors (Lipinski definition) is 1. The highest BCUT2D eigenvalue weighted by Crippen LogP contribution is 2.30. The Morgan fingerprint density at radius 3 is 2.55 bits per heavy atom. The summed E-state index contributed by atoms with van der Waals surface area (Å²) in [6.07, 6.45) is 1.63. The van der Waals surface area contributed by atoms with E-state index in [9.17, 15) is 10.1 Å². The van der Waals surface area contributed by atoms with Gasteiger partial charge in [0.2, 0.25) is 0 Å². The molecule has 1 N–H and O–H groups in total. The van der Waals surface area contributed by atoms with E-state index in [0.29, 0.717) is 27.3 Å². The molecular weight excluding hydrogens is 477 g/mol. The van der Waals surface area contributed by atoms with Gasteiger partial charge in [-0.15, -0.1) is 0 Å². The topological polar surface area (TPSA) is 57.8 Å². The molecule has 33 heavy (non-hydrogen) atoms. The lowest BCUT2D eigenvalue weighted by molar-refractivity contribution is -0.112. The number of rotatable bonds is 5. The van der Waals surface area contributed by atoms with Gasteiger partial charge < -0.3 is 9.88 Å². The summed E-state index contributed by atoms with van der Waals surface area (Å²) in [7, 11) is 0. The van der Waals surface area contributed by atoms with Crippen LogP contribution in [0.2, 0.25) is 15.1 Å². The third-order valence-corrected chi connectivity index (χ3v) is 6.31. The van der Waals surface area contributed by atoms with Gasteiger partial charge in [0, 0.05) is 39.4 Å². The van der Waals surface area contributed by atoms with Crippen molar-refractivity contribution in [3.63, 3.8) is 0 Å². The van der Waals surface area contributed by atoms with Crippen molar-refractivity contribution in [3.8, 4) is 6.07 Å². The highest BCUT2D eigenvalue weighted by atomic mass is 35.5. The minimum atomic E-state index is -0.500. The molecular formula is C26H18Cl3N3O. The van der Waals surface area contributed by atoms with Crippen molar-refractivity contribution in [2.24, 2.45) is 0 Å². The van der Waals surface area contributed by atoms with Gasteiger partial charge >= 0.3 is 0 Å². The number of hydrogen-bond acceptors (Lipinski definition) is 2. The van der Waals surface area contributed by atoms with Crippen LogP contribution in [0.5, 0.6) is 0 Å². The van der Waals surface area contributed by atoms with Gasteiger partial charge in [-0.2, -0.15) is 5.26 Å². The lowest BCUT2D eigenvalue weighted by atomic mass is 10.1. The number of fused-ring (bicyclic) bond motifs is 1. The Bertz CT molecular complexity index is 1450. The van der Waals surface area contributed by atoms with E-state index in [-0.39, 0.29) is 5.57 Å². The number of halogens is 3. The Balaban J connectivity index is 1.74. The largest absolute Gasteiger partial charge is 0.340 e. The van der Waals surface area contributed by atoms with Crippen molar-refractivity contribution in [2.45, 2.75) is 13.5 Å². The molecule has 1 aromatic heterocycles. The van der Waals surface area contributed by atoms with Crippen LogP contribution in [0.4, 0.5) is 5.69 Å². The SMILES string of the molecule is Cc1c(/C=C(\C#N)C(=O)Nc2cccc(Cl)c2)c2ccccc2n1Cc1ccc(Cl)c(Cl)c1. The highest BCUT2D eigenvalue weighted by molar-refractivity contribution is 6.42. The van der Waals surface area contributed by atoms with Crippen LogP contribution in [0.25, 0.3) is 17.0 Å². The first-order chi connectivity index (χ1) is 15.9. The average Bonchev–Trinajstić information content (AvgIpc) is 3.05. The van der Waals surface area contributed by atoms with Crippen LogP contribution in [0.3, 0.4) is 0 Å². The van der Waals surface area contributed by atoms with E-state index in [1.54, 1.807) is 36.4 Å². The lowest BCUT2D eigenvalue weighted by Gasteiger charge is -2.10. The zero-order chi connectivity index (χ0) is 23.5. The zero-order valence-electron chi connectivity index (χ0n) is 17.6. The summed E-state index contributed by atoms with van der Waals surface area (Å²) in [5.74, 6) is -0.500. The van der Waals surface area contributed by atoms with Crippen molar-refractivity contribution in [3.05, 3.63) is 104 Å². The van der Waals surface area contributed by atoms with Crippen molar-refractivity contribution in [2.75, 3.05) is 5.32 Å². The minimum absolute atomic E-state index is 0.00415. The first-order valence-corrected chi connectivity index (χ1v) is 11.2. The number of nitrogens with one attached hydrogen (secondary N) is 1. The van der Waals surface area contributed by atoms with Crippen LogP contribution in [0, 0.1) is 18.3 Å². The van der Waals surface area contributed by atoms with E-state index in [1.807, 2.05) is 49.4 Å². The summed E-state index contributed by atoms with van der Waals surface area (Å²) in [5, 5.41) is 14.9. The lowest BCUT2D eigenvalue weighted by Crippen LogP contribution is -2.13. The standard InChI is InChI=1S/C26H18Cl3N3O/c1-16-22(12-18(14-30)26(33)31-20-6-4-5-19(27)13-20)21-7-2-3-8-25(21)32(16)15-17-9-10-23(28)24(29)11-17/h2-13H,15H2,1H3,(H,31,33)/b18-12+. The van der Waals surface area contributed by atoms with Gasteiger partial charge in [0.1, 0.15) is 11.6 Å². The molecule has 7 heteroatoms. The summed E-state index contributed by atoms with van der Waals surface area (Å²) < 4.78 is 2.13. The summed E-state index contributed by atoms with van der Waals surface area (Å²) in [4.78, 5) is 12.8. The molecule has 0 spiro atoms. The van der Waals surface area contributed by atoms with Gasteiger partial charge in [0.15, 0.2) is 0 Å². The Morgan fingerprint density at radius 1 is 1.03 bits per heavy atom. The first-order valence-electron chi connectivity index (χ1n) is 10.1. The van der Waals surface area contributed by atoms with E-state index >= 15 is 0 Å². The van der Waals surface area contributed by atoms with Crippen molar-refractivity contribution < 1.29 is 4.79 Å². The van der Waals surface area contributed by atoms with Crippen LogP contribution in [-0.2, 0) is 11.3 Å². The summed E-state index contributed by atoms with van der Waals surface area (Å²) in [6.45, 7) is 2.53. The van der Waals surface area contributed by atoms with Gasteiger partial charge in [-0.05, 0) is 55.0 Å². The van der Waals surface area contributed by atoms with Gasteiger partial charge in [0.25, 0.3) is 5.91 Å². The predicted molar refractivity (Wildman–Crippen MR) is 136 cm³/mol. The number of benzene rings is 3. The zero-order valence-corrected chi connectivity index (χ0v) is 19.8. The third-order valence-electron chi connectivity index (χ3n) is 5.34. The van der Waals surface area contributed by atoms with Crippen molar-refractivity contribution in [1.82, 2.24) is 4.57 Å². The van der Waals surface area contributed by atoms with E-state index in [0.717, 1.165) is 27.7 Å². The number of para-hydroxylation sites is 1. The maximum atomic E-state index is 12.8. The van der Waals surface area contributed by atoms with Crippen LogP contribution < -0.4 is 5.32 Å². The first kappa shape index (κ1) is 22.9. The molecule has 0 aliphatic heterocycles. The van der Waals surface area contributed by atoms with Crippen molar-refractivity contribution in [1.29, 1.82) is 5.26 Å². The number of anilines is 1. The quantitative estimate of drug-likeness (QED) is 0.231. The van der Waals surface area contributed by atoms with Crippen LogP contribution in [-0.4, -0.2) is 10.5 Å². The molecule has 4 nitrogen and oxygen atoms in total. The van der Waals surface area contributed by atoms with Crippen molar-refractivity contribution >= 4 is 63.4 Å². The number of nitriles is 1. The molecule has 0 saturated carbocycles. The minimum Gasteiger partial charge on any atom is -0.340 e. The second-order valence-electron chi connectivity index (χ2n) is 7.49. The Labute approximate surface area is 206 Å². The molecule has 0 aliphatic carbocycles. The Hall–Kier alpha value is -3.23. The van der Waals surface area contributed by atoms with Gasteiger partial charge in [0.05, 0.1) is 10.0 Å². The molecule has 0 atom stereocenters. The Morgan fingerprint density at radius 2 is 1.82 bits per heavy atom. The molecule has 4 aromatic rings. The molecule has 164 valence electrons. The van der Waals surface area contributed by atoms with Crippen LogP contribution in [0.1, 0.15) is 16.8 Å². The molecule has 4 rings (SSSR count). The molecule has 0 radical (unpaired) electrons. The fourth-order valence-corrected chi connectivity index (χ4v) is 4.23. The maximum absolute atomic E-state index is 12.8. The second-order valence-corrected chi connectivity index (χ2v) is 8.74. The molecule has 0 bridgehead atoms. The predicted octanol–water partition coefficient (Wildman–Crippen LogP) is 7.50. The Kier molecular flexibility index (Phi) is 6.76. The molecule has 3 aromatic carbocycles. The summed E-state index contributed by atoms with van der Waals surface area (Å²) >= 11 is 18.3. The molecule has 0 unspecified atom stereocenters. The van der Waals surface area contributed by atoms with E-state index in [4.69, 9.17) is 34.8 Å². The monoisotopic (exact) mass is 493 g/mol. The number of carbonyl (C=O) groups excluding carboxylic acids is 1. The highest BCUT2D eigenvalue weighted by Gasteiger charge is 2.16. The number of nitrogens with zero attached hydrogens (tertiary/aromatic N) is 2. The summed E-state index contributed by atoms with van der Waals surface area (Å²) in [5.41, 5.74) is 4.22. The van der Waals surface area contributed by atoms with Gasteiger partial charge in [-0.1, -0.05) is 65.1 Å². The van der Waals surface area contributed by atoms with E-state index < -0.39 is 5.91 Å². The molecule has 1 amide bonds. The smallest absolute Gasteiger partial charge is 0.266 e. The van der Waals surface area contributed by atoms with Crippen LogP contribution >= 0.6 is 34.8 Å². The summed E-state index contributed by atoms with van der Waals surface area (Å²) in [6, 6.07) is 22.2. The number of carbonyl (C=O) groups is 1. The van der Waals surface area contributed by atoms with Gasteiger partial charge in [-0.25, -0.2) is 0 Å². The second kappa shape index (κ2) is 9.72. The third kappa shape index (κ3) is 4.91. The van der Waals surface area contributed by atoms with Gasteiger partial charge in [-0.3, -0.25) is 4.79 Å². The van der Waals surface area contributed by atoms with Crippen LogP contribution in [0.15, 0.2) is 72.3 Å².